The molecule has 1 saturated heterocycles. The van der Waals surface area contributed by atoms with Gasteiger partial charge in [0.25, 0.3) is 10.2 Å². The van der Waals surface area contributed by atoms with E-state index >= 15 is 0 Å². The number of hydrogen-bond acceptors (Lipinski definition) is 3. The minimum atomic E-state index is -3.48. The molecule has 1 heterocycles. The summed E-state index contributed by atoms with van der Waals surface area (Å²) in [6.45, 7) is 0.681. The van der Waals surface area contributed by atoms with Crippen molar-refractivity contribution in [3.05, 3.63) is 42.5 Å². The van der Waals surface area contributed by atoms with Crippen molar-refractivity contribution in [3.63, 3.8) is 0 Å². The molecular formula is C18H23N3O3S. The van der Waals surface area contributed by atoms with Gasteiger partial charge in [-0.25, -0.2) is 0 Å². The molecule has 134 valence electrons. The summed E-state index contributed by atoms with van der Waals surface area (Å²) in [5.41, 5.74) is 0.733. The predicted molar refractivity (Wildman–Crippen MR) is 99.5 cm³/mol. The Balaban J connectivity index is 1.71. The van der Waals surface area contributed by atoms with Gasteiger partial charge in [-0.1, -0.05) is 30.3 Å². The maximum absolute atomic E-state index is 12.6. The van der Waals surface area contributed by atoms with Crippen LogP contribution in [-0.4, -0.2) is 50.1 Å². The summed E-state index contributed by atoms with van der Waals surface area (Å²) < 4.78 is 27.1. The third-order valence-corrected chi connectivity index (χ3v) is 6.47. The Morgan fingerprint density at radius 1 is 1.16 bits per heavy atom. The van der Waals surface area contributed by atoms with Gasteiger partial charge in [0.2, 0.25) is 5.91 Å². The van der Waals surface area contributed by atoms with Crippen LogP contribution in [0.15, 0.2) is 42.5 Å². The molecule has 7 heteroatoms. The zero-order valence-electron chi connectivity index (χ0n) is 14.5. The molecule has 6 nitrogen and oxygen atoms in total. The van der Waals surface area contributed by atoms with E-state index in [1.165, 1.54) is 22.7 Å². The summed E-state index contributed by atoms with van der Waals surface area (Å²) in [6.07, 6.45) is 1.38. The van der Waals surface area contributed by atoms with Crippen molar-refractivity contribution in [1.82, 2.24) is 8.61 Å². The lowest BCUT2D eigenvalue weighted by atomic mass is 9.98. The van der Waals surface area contributed by atoms with E-state index in [1.54, 1.807) is 0 Å². The van der Waals surface area contributed by atoms with E-state index < -0.39 is 10.2 Å². The van der Waals surface area contributed by atoms with Crippen LogP contribution in [-0.2, 0) is 15.0 Å². The fourth-order valence-electron chi connectivity index (χ4n) is 3.11. The molecule has 0 saturated carbocycles. The first-order valence-corrected chi connectivity index (χ1v) is 9.75. The first-order valence-electron chi connectivity index (χ1n) is 8.35. The highest BCUT2D eigenvalue weighted by molar-refractivity contribution is 7.86. The number of amides is 1. The number of nitrogens with one attached hydrogen (secondary N) is 1. The van der Waals surface area contributed by atoms with Crippen LogP contribution in [0, 0.1) is 5.92 Å². The molecule has 1 amide bonds. The molecule has 1 fully saturated rings. The molecular weight excluding hydrogens is 338 g/mol. The van der Waals surface area contributed by atoms with Crippen LogP contribution in [0.25, 0.3) is 10.8 Å². The lowest BCUT2D eigenvalue weighted by Gasteiger charge is -2.32. The van der Waals surface area contributed by atoms with E-state index in [0.29, 0.717) is 19.4 Å². The standard InChI is InChI=1S/C18H23N3O3S/c1-20(2)25(23,24)21-11-5-8-16(13-21)18(22)19-17-10-9-14-6-3-4-7-15(14)12-17/h3-4,6-7,9-10,12,16H,5,8,11,13H2,1-2H3,(H,19,22)/t16-/m1/s1. The average molecular weight is 361 g/mol. The maximum atomic E-state index is 12.6. The van der Waals surface area contributed by atoms with Gasteiger partial charge < -0.3 is 5.32 Å². The number of rotatable bonds is 4. The summed E-state index contributed by atoms with van der Waals surface area (Å²) in [5, 5.41) is 5.10. The summed E-state index contributed by atoms with van der Waals surface area (Å²) in [7, 11) is -0.465. The maximum Gasteiger partial charge on any atom is 0.281 e. The number of piperidine rings is 1. The molecule has 2 aromatic carbocycles. The van der Waals surface area contributed by atoms with Gasteiger partial charge in [-0.3, -0.25) is 4.79 Å². The number of carbonyl (C=O) groups excluding carboxylic acids is 1. The number of hydrogen-bond donors (Lipinski definition) is 1. The van der Waals surface area contributed by atoms with Crippen LogP contribution in [0.2, 0.25) is 0 Å². The zero-order valence-corrected chi connectivity index (χ0v) is 15.3. The second-order valence-electron chi connectivity index (χ2n) is 6.54. The highest BCUT2D eigenvalue weighted by atomic mass is 32.2. The Morgan fingerprint density at radius 2 is 1.88 bits per heavy atom. The monoisotopic (exact) mass is 361 g/mol. The molecule has 0 bridgehead atoms. The van der Waals surface area contributed by atoms with Crippen molar-refractivity contribution in [1.29, 1.82) is 0 Å². The van der Waals surface area contributed by atoms with E-state index in [9.17, 15) is 13.2 Å². The van der Waals surface area contributed by atoms with Crippen molar-refractivity contribution in [2.75, 3.05) is 32.5 Å². The van der Waals surface area contributed by atoms with E-state index in [1.807, 2.05) is 42.5 Å². The minimum Gasteiger partial charge on any atom is -0.326 e. The summed E-state index contributed by atoms with van der Waals surface area (Å²) >= 11 is 0. The summed E-state index contributed by atoms with van der Waals surface area (Å²) in [5.74, 6) is -0.469. The van der Waals surface area contributed by atoms with Gasteiger partial charge >= 0.3 is 0 Å². The van der Waals surface area contributed by atoms with Crippen LogP contribution >= 0.6 is 0 Å². The predicted octanol–water partition coefficient (Wildman–Crippen LogP) is 2.30. The quantitative estimate of drug-likeness (QED) is 0.908. The summed E-state index contributed by atoms with van der Waals surface area (Å²) in [6, 6.07) is 13.7. The van der Waals surface area contributed by atoms with Gasteiger partial charge in [0, 0.05) is 32.9 Å². The molecule has 0 spiro atoms. The van der Waals surface area contributed by atoms with Gasteiger partial charge in [-0.2, -0.15) is 17.0 Å². The third-order valence-electron chi connectivity index (χ3n) is 4.56. The Hall–Kier alpha value is -1.96. The number of fused-ring (bicyclic) bond motifs is 1. The molecule has 2 aromatic rings. The number of nitrogens with zero attached hydrogens (tertiary/aromatic N) is 2. The molecule has 0 aliphatic carbocycles. The van der Waals surface area contributed by atoms with Crippen molar-refractivity contribution >= 4 is 32.6 Å². The van der Waals surface area contributed by atoms with Crippen LogP contribution in [0.3, 0.4) is 0 Å². The van der Waals surface area contributed by atoms with E-state index in [0.717, 1.165) is 16.5 Å². The Morgan fingerprint density at radius 3 is 2.60 bits per heavy atom. The molecule has 0 unspecified atom stereocenters. The first-order chi connectivity index (χ1) is 11.9. The zero-order chi connectivity index (χ0) is 18.0. The normalized spacial score (nSPS) is 19.2. The van der Waals surface area contributed by atoms with Crippen molar-refractivity contribution in [2.45, 2.75) is 12.8 Å². The first kappa shape index (κ1) is 17.8. The molecule has 1 aliphatic heterocycles. The summed E-state index contributed by atoms with van der Waals surface area (Å²) in [4.78, 5) is 12.6. The van der Waals surface area contributed by atoms with E-state index in [-0.39, 0.29) is 18.4 Å². The number of carbonyl (C=O) groups is 1. The molecule has 25 heavy (non-hydrogen) atoms. The highest BCUT2D eigenvalue weighted by Gasteiger charge is 2.33. The average Bonchev–Trinajstić information content (AvgIpc) is 2.61. The topological polar surface area (TPSA) is 69.7 Å². The smallest absolute Gasteiger partial charge is 0.281 e. The van der Waals surface area contributed by atoms with Crippen LogP contribution in [0.4, 0.5) is 5.69 Å². The Kier molecular flexibility index (Phi) is 5.08. The molecule has 1 N–H and O–H groups in total. The van der Waals surface area contributed by atoms with Crippen molar-refractivity contribution < 1.29 is 13.2 Å². The molecule has 0 aromatic heterocycles. The van der Waals surface area contributed by atoms with Gasteiger partial charge in [0.1, 0.15) is 0 Å². The molecule has 1 atom stereocenters. The van der Waals surface area contributed by atoms with Gasteiger partial charge in [0.15, 0.2) is 0 Å². The Bertz CT molecular complexity index is 880. The molecule has 3 rings (SSSR count). The van der Waals surface area contributed by atoms with Crippen LogP contribution in [0.1, 0.15) is 12.8 Å². The van der Waals surface area contributed by atoms with E-state index in [2.05, 4.69) is 5.32 Å². The fourth-order valence-corrected chi connectivity index (χ4v) is 4.30. The second kappa shape index (κ2) is 7.11. The van der Waals surface area contributed by atoms with Crippen LogP contribution < -0.4 is 5.32 Å². The number of benzene rings is 2. The highest BCUT2D eigenvalue weighted by Crippen LogP contribution is 2.23. The lowest BCUT2D eigenvalue weighted by molar-refractivity contribution is -0.120. The van der Waals surface area contributed by atoms with Gasteiger partial charge in [-0.05, 0) is 35.7 Å². The SMILES string of the molecule is CN(C)S(=O)(=O)N1CCC[C@@H](C(=O)Nc2ccc3ccccc3c2)C1. The fraction of sp³-hybridized carbons (Fsp3) is 0.389. The van der Waals surface area contributed by atoms with Gasteiger partial charge in [-0.15, -0.1) is 0 Å². The molecule has 1 aliphatic rings. The third kappa shape index (κ3) is 3.84. The largest absolute Gasteiger partial charge is 0.326 e. The van der Waals surface area contributed by atoms with Crippen molar-refractivity contribution in [3.8, 4) is 0 Å². The van der Waals surface area contributed by atoms with Gasteiger partial charge in [0.05, 0.1) is 5.92 Å². The lowest BCUT2D eigenvalue weighted by Crippen LogP contribution is -2.47. The number of anilines is 1. The van der Waals surface area contributed by atoms with Crippen molar-refractivity contribution in [2.24, 2.45) is 5.92 Å². The van der Waals surface area contributed by atoms with E-state index in [4.69, 9.17) is 0 Å². The molecule has 0 radical (unpaired) electrons. The minimum absolute atomic E-state index is 0.131. The second-order valence-corrected chi connectivity index (χ2v) is 8.68. The van der Waals surface area contributed by atoms with Crippen LogP contribution in [0.5, 0.6) is 0 Å². The Labute approximate surface area is 148 Å².